The second-order valence-electron chi connectivity index (χ2n) is 4.30. The van der Waals surface area contributed by atoms with Crippen molar-refractivity contribution in [2.45, 2.75) is 25.6 Å². The van der Waals surface area contributed by atoms with Crippen LogP contribution in [0.15, 0.2) is 16.6 Å². The van der Waals surface area contributed by atoms with Crippen LogP contribution in [-0.2, 0) is 0 Å². The van der Waals surface area contributed by atoms with Crippen LogP contribution in [-0.4, -0.2) is 13.2 Å². The zero-order valence-corrected chi connectivity index (χ0v) is 12.3. The molecule has 0 bridgehead atoms. The van der Waals surface area contributed by atoms with E-state index in [1.807, 2.05) is 12.1 Å². The number of halogens is 2. The van der Waals surface area contributed by atoms with Crippen molar-refractivity contribution >= 4 is 27.5 Å². The summed E-state index contributed by atoms with van der Waals surface area (Å²) >= 11 is 10.0. The summed E-state index contributed by atoms with van der Waals surface area (Å²) in [6.45, 7) is 5.51. The van der Waals surface area contributed by atoms with Gasteiger partial charge < -0.3 is 9.47 Å². The van der Waals surface area contributed by atoms with E-state index in [1.165, 1.54) is 0 Å². The summed E-state index contributed by atoms with van der Waals surface area (Å²) in [7, 11) is 0. The first kappa shape index (κ1) is 13.0. The van der Waals surface area contributed by atoms with Crippen molar-refractivity contribution in [1.82, 2.24) is 0 Å². The van der Waals surface area contributed by atoms with Crippen LogP contribution in [0.4, 0.5) is 0 Å². The fraction of sp³-hybridized carbons (Fsp3) is 0.538. The van der Waals surface area contributed by atoms with Gasteiger partial charge in [-0.15, -0.1) is 11.6 Å². The standard InChI is InChI=1S/C13H16BrClO2/c1-3-8(2)13(15)9-6-11-12(7-10(9)14)17-5-4-16-11/h6-8,13H,3-5H2,1-2H3. The maximum atomic E-state index is 6.48. The molecule has 2 atom stereocenters. The van der Waals surface area contributed by atoms with Gasteiger partial charge in [-0.05, 0) is 23.6 Å². The first-order valence-corrected chi connectivity index (χ1v) is 7.09. The minimum atomic E-state index is -0.00907. The quantitative estimate of drug-likeness (QED) is 0.761. The highest BCUT2D eigenvalue weighted by molar-refractivity contribution is 9.10. The maximum Gasteiger partial charge on any atom is 0.162 e. The number of fused-ring (bicyclic) bond motifs is 1. The Balaban J connectivity index is 2.34. The second-order valence-corrected chi connectivity index (χ2v) is 5.63. The molecule has 0 saturated heterocycles. The Labute approximate surface area is 115 Å². The normalized spacial score (nSPS) is 17.6. The second kappa shape index (κ2) is 5.49. The third-order valence-electron chi connectivity index (χ3n) is 3.10. The Bertz CT molecular complexity index is 409. The van der Waals surface area contributed by atoms with Crippen LogP contribution in [0.3, 0.4) is 0 Å². The molecule has 2 rings (SSSR count). The van der Waals surface area contributed by atoms with E-state index in [9.17, 15) is 0 Å². The summed E-state index contributed by atoms with van der Waals surface area (Å²) < 4.78 is 12.1. The third kappa shape index (κ3) is 2.71. The van der Waals surface area contributed by atoms with Gasteiger partial charge in [0.05, 0.1) is 5.38 Å². The van der Waals surface area contributed by atoms with Gasteiger partial charge in [-0.1, -0.05) is 36.2 Å². The zero-order chi connectivity index (χ0) is 12.4. The lowest BCUT2D eigenvalue weighted by molar-refractivity contribution is 0.171. The first-order chi connectivity index (χ1) is 8.13. The lowest BCUT2D eigenvalue weighted by Gasteiger charge is -2.23. The van der Waals surface area contributed by atoms with Gasteiger partial charge in [-0.25, -0.2) is 0 Å². The van der Waals surface area contributed by atoms with Gasteiger partial charge in [0, 0.05) is 4.47 Å². The van der Waals surface area contributed by atoms with Crippen LogP contribution in [0.5, 0.6) is 11.5 Å². The molecule has 17 heavy (non-hydrogen) atoms. The summed E-state index contributed by atoms with van der Waals surface area (Å²) in [6.07, 6.45) is 1.05. The van der Waals surface area contributed by atoms with Crippen LogP contribution in [0, 0.1) is 5.92 Å². The van der Waals surface area contributed by atoms with E-state index in [1.54, 1.807) is 0 Å². The molecular weight excluding hydrogens is 303 g/mol. The third-order valence-corrected chi connectivity index (χ3v) is 4.45. The highest BCUT2D eigenvalue weighted by Crippen LogP contribution is 2.42. The fourth-order valence-corrected chi connectivity index (χ4v) is 2.86. The number of benzene rings is 1. The molecule has 0 aliphatic carbocycles. The molecule has 0 spiro atoms. The van der Waals surface area contributed by atoms with Crippen LogP contribution in [0.1, 0.15) is 31.2 Å². The van der Waals surface area contributed by atoms with Crippen LogP contribution < -0.4 is 9.47 Å². The molecule has 1 aliphatic rings. The highest BCUT2D eigenvalue weighted by atomic mass is 79.9. The maximum absolute atomic E-state index is 6.48. The van der Waals surface area contributed by atoms with Gasteiger partial charge in [-0.3, -0.25) is 0 Å². The van der Waals surface area contributed by atoms with Crippen molar-refractivity contribution in [2.24, 2.45) is 5.92 Å². The topological polar surface area (TPSA) is 18.5 Å². The van der Waals surface area contributed by atoms with E-state index >= 15 is 0 Å². The largest absolute Gasteiger partial charge is 0.486 e. The molecule has 4 heteroatoms. The van der Waals surface area contributed by atoms with Gasteiger partial charge in [0.25, 0.3) is 0 Å². The minimum Gasteiger partial charge on any atom is -0.486 e. The Morgan fingerprint density at radius 3 is 2.47 bits per heavy atom. The number of hydrogen-bond acceptors (Lipinski definition) is 2. The Hall–Kier alpha value is -0.410. The monoisotopic (exact) mass is 318 g/mol. The van der Waals surface area contributed by atoms with Gasteiger partial charge in [0.1, 0.15) is 13.2 Å². The molecule has 1 aliphatic heterocycles. The zero-order valence-electron chi connectivity index (χ0n) is 10.0. The molecule has 1 aromatic carbocycles. The number of alkyl halides is 1. The van der Waals surface area contributed by atoms with Crippen LogP contribution in [0.2, 0.25) is 0 Å². The number of hydrogen-bond donors (Lipinski definition) is 0. The molecule has 0 radical (unpaired) electrons. The van der Waals surface area contributed by atoms with E-state index in [2.05, 4.69) is 29.8 Å². The van der Waals surface area contributed by atoms with Crippen LogP contribution >= 0.6 is 27.5 Å². The molecule has 0 N–H and O–H groups in total. The van der Waals surface area contributed by atoms with Crippen molar-refractivity contribution < 1.29 is 9.47 Å². The molecule has 0 fully saturated rings. The summed E-state index contributed by atoms with van der Waals surface area (Å²) in [5.74, 6) is 2.01. The lowest BCUT2D eigenvalue weighted by Crippen LogP contribution is -2.16. The lowest BCUT2D eigenvalue weighted by atomic mass is 9.98. The smallest absolute Gasteiger partial charge is 0.162 e. The van der Waals surface area contributed by atoms with E-state index < -0.39 is 0 Å². The van der Waals surface area contributed by atoms with Gasteiger partial charge in [-0.2, -0.15) is 0 Å². The molecule has 1 aromatic rings. The summed E-state index contributed by atoms with van der Waals surface area (Å²) in [4.78, 5) is 0. The van der Waals surface area contributed by atoms with Crippen molar-refractivity contribution in [3.8, 4) is 11.5 Å². The fourth-order valence-electron chi connectivity index (χ4n) is 1.80. The number of ether oxygens (including phenoxy) is 2. The highest BCUT2D eigenvalue weighted by Gasteiger charge is 2.22. The number of rotatable bonds is 3. The first-order valence-electron chi connectivity index (χ1n) is 5.86. The van der Waals surface area contributed by atoms with Gasteiger partial charge in [0.2, 0.25) is 0 Å². The molecular formula is C13H16BrClO2. The van der Waals surface area contributed by atoms with E-state index in [0.717, 1.165) is 28.0 Å². The molecule has 94 valence electrons. The SMILES string of the molecule is CCC(C)C(Cl)c1cc2c(cc1Br)OCCO2. The van der Waals surface area contributed by atoms with Crippen molar-refractivity contribution in [3.63, 3.8) is 0 Å². The summed E-state index contributed by atoms with van der Waals surface area (Å²) in [5.41, 5.74) is 1.07. The van der Waals surface area contributed by atoms with Gasteiger partial charge in [0.15, 0.2) is 11.5 Å². The minimum absolute atomic E-state index is 0.00907. The molecule has 2 unspecified atom stereocenters. The Morgan fingerprint density at radius 1 is 1.29 bits per heavy atom. The van der Waals surface area contributed by atoms with Crippen molar-refractivity contribution in [3.05, 3.63) is 22.2 Å². The van der Waals surface area contributed by atoms with E-state index in [4.69, 9.17) is 21.1 Å². The predicted octanol–water partition coefficient (Wildman–Crippen LogP) is 4.55. The van der Waals surface area contributed by atoms with Crippen LogP contribution in [0.25, 0.3) is 0 Å². The van der Waals surface area contributed by atoms with Crippen molar-refractivity contribution in [1.29, 1.82) is 0 Å². The summed E-state index contributed by atoms with van der Waals surface area (Å²) in [5, 5.41) is -0.00907. The molecule has 0 saturated carbocycles. The molecule has 0 amide bonds. The average molecular weight is 320 g/mol. The molecule has 0 aromatic heterocycles. The van der Waals surface area contributed by atoms with Gasteiger partial charge >= 0.3 is 0 Å². The Kier molecular flexibility index (Phi) is 4.21. The Morgan fingerprint density at radius 2 is 1.88 bits per heavy atom. The van der Waals surface area contributed by atoms with Crippen molar-refractivity contribution in [2.75, 3.05) is 13.2 Å². The molecule has 1 heterocycles. The predicted molar refractivity (Wildman–Crippen MR) is 73.2 cm³/mol. The van der Waals surface area contributed by atoms with E-state index in [-0.39, 0.29) is 5.38 Å². The van der Waals surface area contributed by atoms with E-state index in [0.29, 0.717) is 19.1 Å². The molecule has 2 nitrogen and oxygen atoms in total. The summed E-state index contributed by atoms with van der Waals surface area (Å²) in [6, 6.07) is 3.93. The average Bonchev–Trinajstić information content (AvgIpc) is 2.36.